The predicted molar refractivity (Wildman–Crippen MR) is 72.6 cm³/mol. The maximum Gasteiger partial charge on any atom is 0.121 e. The SMILES string of the molecule is CN(C)C(C)(C)CNCc1c(O)cccc1Cl. The van der Waals surface area contributed by atoms with E-state index >= 15 is 0 Å². The molecule has 4 heteroatoms. The van der Waals surface area contributed by atoms with Gasteiger partial charge in [0, 0.05) is 29.2 Å². The van der Waals surface area contributed by atoms with Gasteiger partial charge in [-0.15, -0.1) is 0 Å². The number of rotatable bonds is 5. The lowest BCUT2D eigenvalue weighted by Crippen LogP contribution is -2.46. The molecular weight excluding hydrogens is 236 g/mol. The van der Waals surface area contributed by atoms with Gasteiger partial charge in [-0.05, 0) is 40.1 Å². The summed E-state index contributed by atoms with van der Waals surface area (Å²) >= 11 is 6.03. The summed E-state index contributed by atoms with van der Waals surface area (Å²) in [6.45, 7) is 5.71. The molecule has 3 nitrogen and oxygen atoms in total. The Hall–Kier alpha value is -0.770. The monoisotopic (exact) mass is 256 g/mol. The van der Waals surface area contributed by atoms with Crippen molar-refractivity contribution in [3.8, 4) is 5.75 Å². The molecule has 0 radical (unpaired) electrons. The zero-order valence-electron chi connectivity index (χ0n) is 10.9. The van der Waals surface area contributed by atoms with Crippen LogP contribution in [0.1, 0.15) is 19.4 Å². The first-order chi connectivity index (χ1) is 7.84. The van der Waals surface area contributed by atoms with Crippen LogP contribution in [-0.4, -0.2) is 36.2 Å². The molecule has 0 aliphatic heterocycles. The Morgan fingerprint density at radius 3 is 2.53 bits per heavy atom. The zero-order valence-corrected chi connectivity index (χ0v) is 11.7. The van der Waals surface area contributed by atoms with Gasteiger partial charge in [-0.3, -0.25) is 0 Å². The van der Waals surface area contributed by atoms with E-state index in [9.17, 15) is 5.11 Å². The van der Waals surface area contributed by atoms with Crippen molar-refractivity contribution in [3.05, 3.63) is 28.8 Å². The number of hydrogen-bond donors (Lipinski definition) is 2. The molecule has 0 aliphatic carbocycles. The van der Waals surface area contributed by atoms with Gasteiger partial charge in [-0.2, -0.15) is 0 Å². The fourth-order valence-corrected chi connectivity index (χ4v) is 1.61. The summed E-state index contributed by atoms with van der Waals surface area (Å²) in [5.41, 5.74) is 0.820. The van der Waals surface area contributed by atoms with E-state index in [1.165, 1.54) is 0 Å². The van der Waals surface area contributed by atoms with Crippen LogP contribution < -0.4 is 5.32 Å². The Morgan fingerprint density at radius 2 is 2.00 bits per heavy atom. The maximum atomic E-state index is 9.70. The van der Waals surface area contributed by atoms with Crippen LogP contribution in [0.3, 0.4) is 0 Å². The second kappa shape index (κ2) is 5.71. The molecule has 1 rings (SSSR count). The van der Waals surface area contributed by atoms with Crippen molar-refractivity contribution >= 4 is 11.6 Å². The smallest absolute Gasteiger partial charge is 0.121 e. The van der Waals surface area contributed by atoms with Crippen LogP contribution >= 0.6 is 11.6 Å². The van der Waals surface area contributed by atoms with E-state index in [0.29, 0.717) is 11.6 Å². The minimum Gasteiger partial charge on any atom is -0.508 e. The molecule has 96 valence electrons. The lowest BCUT2D eigenvalue weighted by Gasteiger charge is -2.32. The van der Waals surface area contributed by atoms with E-state index in [-0.39, 0.29) is 11.3 Å². The minimum atomic E-state index is 0.0663. The van der Waals surface area contributed by atoms with Gasteiger partial charge in [0.2, 0.25) is 0 Å². The van der Waals surface area contributed by atoms with Crippen molar-refractivity contribution < 1.29 is 5.11 Å². The number of nitrogens with one attached hydrogen (secondary N) is 1. The van der Waals surface area contributed by atoms with Gasteiger partial charge in [-0.1, -0.05) is 17.7 Å². The molecule has 0 unspecified atom stereocenters. The van der Waals surface area contributed by atoms with E-state index in [1.807, 2.05) is 0 Å². The first kappa shape index (κ1) is 14.3. The molecule has 1 aromatic rings. The highest BCUT2D eigenvalue weighted by Crippen LogP contribution is 2.24. The molecular formula is C13H21ClN2O. The number of nitrogens with zero attached hydrogens (tertiary/aromatic N) is 1. The van der Waals surface area contributed by atoms with Gasteiger partial charge in [0.1, 0.15) is 5.75 Å². The lowest BCUT2D eigenvalue weighted by atomic mass is 10.0. The number of likely N-dealkylation sites (N-methyl/N-ethyl adjacent to an activating group) is 1. The van der Waals surface area contributed by atoms with E-state index in [2.05, 4.69) is 38.2 Å². The Kier molecular flexibility index (Phi) is 4.80. The van der Waals surface area contributed by atoms with Gasteiger partial charge >= 0.3 is 0 Å². The summed E-state index contributed by atoms with van der Waals surface area (Å²) in [5, 5.41) is 13.6. The van der Waals surface area contributed by atoms with Crippen molar-refractivity contribution in [3.63, 3.8) is 0 Å². The first-order valence-electron chi connectivity index (χ1n) is 5.69. The summed E-state index contributed by atoms with van der Waals surface area (Å²) in [6, 6.07) is 5.18. The summed E-state index contributed by atoms with van der Waals surface area (Å²) in [7, 11) is 4.10. The molecule has 2 N–H and O–H groups in total. The van der Waals surface area contributed by atoms with E-state index in [0.717, 1.165) is 12.1 Å². The molecule has 0 bridgehead atoms. The van der Waals surface area contributed by atoms with Crippen molar-refractivity contribution in [2.45, 2.75) is 25.9 Å². The van der Waals surface area contributed by atoms with E-state index in [4.69, 9.17) is 11.6 Å². The van der Waals surface area contributed by atoms with E-state index in [1.54, 1.807) is 18.2 Å². The number of benzene rings is 1. The van der Waals surface area contributed by atoms with Crippen molar-refractivity contribution in [2.24, 2.45) is 0 Å². The van der Waals surface area contributed by atoms with Crippen LogP contribution in [0.5, 0.6) is 5.75 Å². The standard InChI is InChI=1S/C13H21ClN2O/c1-13(2,16(3)4)9-15-8-10-11(14)6-5-7-12(10)17/h5-7,15,17H,8-9H2,1-4H3. The fourth-order valence-electron chi connectivity index (χ4n) is 1.37. The van der Waals surface area contributed by atoms with Crippen LogP contribution in [0.4, 0.5) is 0 Å². The topological polar surface area (TPSA) is 35.5 Å². The number of aromatic hydroxyl groups is 1. The van der Waals surface area contributed by atoms with Crippen molar-refractivity contribution in [1.29, 1.82) is 0 Å². The maximum absolute atomic E-state index is 9.70. The van der Waals surface area contributed by atoms with Gasteiger partial charge in [-0.25, -0.2) is 0 Å². The van der Waals surface area contributed by atoms with Gasteiger partial charge in [0.05, 0.1) is 0 Å². The Labute approximate surface area is 108 Å². The average molecular weight is 257 g/mol. The van der Waals surface area contributed by atoms with Crippen molar-refractivity contribution in [1.82, 2.24) is 10.2 Å². The van der Waals surface area contributed by atoms with Crippen LogP contribution in [-0.2, 0) is 6.54 Å². The molecule has 0 spiro atoms. The van der Waals surface area contributed by atoms with Gasteiger partial charge in [0.15, 0.2) is 0 Å². The van der Waals surface area contributed by atoms with Crippen LogP contribution in [0.25, 0.3) is 0 Å². The third kappa shape index (κ3) is 3.87. The number of phenols is 1. The summed E-state index contributed by atoms with van der Waals surface area (Å²) in [5.74, 6) is 0.243. The number of hydrogen-bond acceptors (Lipinski definition) is 3. The summed E-state index contributed by atoms with van der Waals surface area (Å²) in [6.07, 6.45) is 0. The number of halogens is 1. The van der Waals surface area contributed by atoms with Crippen LogP contribution in [0.2, 0.25) is 5.02 Å². The quantitative estimate of drug-likeness (QED) is 0.850. The molecule has 0 aliphatic rings. The molecule has 0 saturated heterocycles. The van der Waals surface area contributed by atoms with Crippen molar-refractivity contribution in [2.75, 3.05) is 20.6 Å². The Bertz CT molecular complexity index is 357. The highest BCUT2D eigenvalue weighted by molar-refractivity contribution is 6.31. The highest BCUT2D eigenvalue weighted by Gasteiger charge is 2.19. The largest absolute Gasteiger partial charge is 0.508 e. The molecule has 0 fully saturated rings. The zero-order chi connectivity index (χ0) is 13.1. The normalized spacial score (nSPS) is 12.1. The molecule has 0 atom stereocenters. The molecule has 0 aromatic heterocycles. The molecule has 0 amide bonds. The fraction of sp³-hybridized carbons (Fsp3) is 0.538. The second-order valence-electron chi connectivity index (χ2n) is 5.05. The summed E-state index contributed by atoms with van der Waals surface area (Å²) in [4.78, 5) is 2.16. The molecule has 17 heavy (non-hydrogen) atoms. The highest BCUT2D eigenvalue weighted by atomic mass is 35.5. The average Bonchev–Trinajstić information content (AvgIpc) is 2.22. The third-order valence-electron chi connectivity index (χ3n) is 3.16. The Morgan fingerprint density at radius 1 is 1.35 bits per heavy atom. The van der Waals surface area contributed by atoms with Gasteiger partial charge < -0.3 is 15.3 Å². The first-order valence-corrected chi connectivity index (χ1v) is 6.07. The number of phenolic OH excluding ortho intramolecular Hbond substituents is 1. The molecule has 1 aromatic carbocycles. The third-order valence-corrected chi connectivity index (χ3v) is 3.52. The van der Waals surface area contributed by atoms with Gasteiger partial charge in [0.25, 0.3) is 0 Å². The van der Waals surface area contributed by atoms with Crippen LogP contribution in [0, 0.1) is 0 Å². The predicted octanol–water partition coefficient (Wildman–Crippen LogP) is 2.48. The Balaban J connectivity index is 2.57. The lowest BCUT2D eigenvalue weighted by molar-refractivity contribution is 0.189. The molecule has 0 heterocycles. The summed E-state index contributed by atoms with van der Waals surface area (Å²) < 4.78 is 0. The molecule has 0 saturated carbocycles. The second-order valence-corrected chi connectivity index (χ2v) is 5.46. The van der Waals surface area contributed by atoms with Crippen LogP contribution in [0.15, 0.2) is 18.2 Å². The van der Waals surface area contributed by atoms with E-state index < -0.39 is 0 Å². The minimum absolute atomic E-state index is 0.0663.